The number of hydrogen-bond donors (Lipinski definition) is 3. The van der Waals surface area contributed by atoms with Gasteiger partial charge in [-0.2, -0.15) is 10.6 Å². The third kappa shape index (κ3) is 4.55. The first kappa shape index (κ1) is 22.8. The van der Waals surface area contributed by atoms with Crippen LogP contribution in [-0.2, 0) is 22.9 Å². The Bertz CT molecular complexity index is 1200. The second-order valence-corrected chi connectivity index (χ2v) is 11.9. The maximum Gasteiger partial charge on any atom is 0.187 e. The molecule has 4 rings (SSSR count). The number of nitrogens with one attached hydrogen (secondary N) is 1. The molecule has 32 heavy (non-hydrogen) atoms. The molecule has 0 aromatic heterocycles. The number of hydrogen-bond acceptors (Lipinski definition) is 6. The van der Waals surface area contributed by atoms with Gasteiger partial charge in [0, 0.05) is 13.1 Å². The van der Waals surface area contributed by atoms with E-state index in [9.17, 15) is 17.5 Å². The summed E-state index contributed by atoms with van der Waals surface area (Å²) in [5.41, 5.74) is 2.30. The van der Waals surface area contributed by atoms with Gasteiger partial charge in [-0.15, -0.1) is 0 Å². The van der Waals surface area contributed by atoms with E-state index in [0.29, 0.717) is 30.2 Å². The summed E-state index contributed by atoms with van der Waals surface area (Å²) in [6.07, 6.45) is 0. The van der Waals surface area contributed by atoms with Gasteiger partial charge >= 0.3 is 0 Å². The van der Waals surface area contributed by atoms with Crippen molar-refractivity contribution >= 4 is 20.4 Å². The Morgan fingerprint density at radius 3 is 2.50 bits per heavy atom. The lowest BCUT2D eigenvalue weighted by Gasteiger charge is -2.27. The molecule has 0 spiro atoms. The first-order chi connectivity index (χ1) is 15.3. The van der Waals surface area contributed by atoms with Crippen LogP contribution in [0.4, 0.5) is 0 Å². The van der Waals surface area contributed by atoms with Crippen molar-refractivity contribution in [2.24, 2.45) is 0 Å². The lowest BCUT2D eigenvalue weighted by atomic mass is 10.0. The molecule has 0 saturated heterocycles. The van der Waals surface area contributed by atoms with E-state index >= 15 is 0 Å². The fourth-order valence-electron chi connectivity index (χ4n) is 4.05. The summed E-state index contributed by atoms with van der Waals surface area (Å²) in [7, 11) is -6.96. The van der Waals surface area contributed by atoms with Crippen molar-refractivity contribution in [3.05, 3.63) is 89.5 Å². The molecule has 1 atom stereocenters. The summed E-state index contributed by atoms with van der Waals surface area (Å²) in [6, 6.07) is 21.2. The topological polar surface area (TPSA) is 95.9 Å². The fourth-order valence-corrected chi connectivity index (χ4v) is 8.56. The summed E-state index contributed by atoms with van der Waals surface area (Å²) >= 11 is 0. The molecule has 3 aromatic carbocycles. The van der Waals surface area contributed by atoms with Crippen LogP contribution in [0.3, 0.4) is 0 Å². The minimum Gasteiger partial charge on any atom is -0.494 e. The Morgan fingerprint density at radius 2 is 1.75 bits per heavy atom. The molecule has 170 valence electrons. The molecule has 0 fully saturated rings. The van der Waals surface area contributed by atoms with E-state index in [0.717, 1.165) is 16.9 Å². The van der Waals surface area contributed by atoms with Crippen LogP contribution >= 0.6 is 10.6 Å². The molecule has 1 aliphatic heterocycles. The van der Waals surface area contributed by atoms with Crippen molar-refractivity contribution in [3.8, 4) is 5.75 Å². The molecule has 0 aliphatic carbocycles. The van der Waals surface area contributed by atoms with Crippen LogP contribution in [0.1, 0.15) is 28.9 Å². The van der Waals surface area contributed by atoms with Crippen molar-refractivity contribution in [3.63, 3.8) is 0 Å². The van der Waals surface area contributed by atoms with Gasteiger partial charge in [-0.3, -0.25) is 9.11 Å². The van der Waals surface area contributed by atoms with E-state index in [1.807, 2.05) is 37.3 Å². The molecule has 0 bridgehead atoms. The van der Waals surface area contributed by atoms with E-state index < -0.39 is 25.7 Å². The minimum absolute atomic E-state index is 0.184. The Hall–Kier alpha value is -2.36. The lowest BCUT2D eigenvalue weighted by Crippen LogP contribution is -2.19. The molecule has 0 amide bonds. The highest BCUT2D eigenvalue weighted by atomic mass is 32.3. The summed E-state index contributed by atoms with van der Waals surface area (Å²) in [4.78, 5) is 0.517. The van der Waals surface area contributed by atoms with Gasteiger partial charge in [0.15, 0.2) is 9.84 Å². The van der Waals surface area contributed by atoms with Crippen LogP contribution in [0, 0.1) is 0 Å². The van der Waals surface area contributed by atoms with Crippen LogP contribution in [0.2, 0.25) is 0 Å². The van der Waals surface area contributed by atoms with Gasteiger partial charge in [-0.25, -0.2) is 8.42 Å². The number of benzene rings is 3. The third-order valence-corrected chi connectivity index (χ3v) is 9.66. The molecule has 1 heterocycles. The Labute approximate surface area is 190 Å². The molecule has 0 radical (unpaired) electrons. The van der Waals surface area contributed by atoms with Crippen molar-refractivity contribution in [2.45, 2.75) is 35.1 Å². The standard InChI is InChI=1S/C24H27NO5S2/c1-2-30-20-10-6-8-18(14-20)15-25-16-19-9-7-13-22-24(19)23(17-31(22,26)27)32(28,29)21-11-4-3-5-12-21/h3-14,23,25-27H,2,15-17H2,1H3. The maximum absolute atomic E-state index is 13.4. The van der Waals surface area contributed by atoms with Crippen LogP contribution < -0.4 is 10.1 Å². The normalized spacial score (nSPS) is 18.2. The maximum atomic E-state index is 13.4. The average molecular weight is 474 g/mol. The molecular weight excluding hydrogens is 446 g/mol. The van der Waals surface area contributed by atoms with Gasteiger partial charge in [0.25, 0.3) is 0 Å². The van der Waals surface area contributed by atoms with Crippen molar-refractivity contribution in [2.75, 3.05) is 12.4 Å². The monoisotopic (exact) mass is 473 g/mol. The quantitative estimate of drug-likeness (QED) is 0.425. The van der Waals surface area contributed by atoms with Gasteiger partial charge < -0.3 is 10.1 Å². The zero-order valence-corrected chi connectivity index (χ0v) is 19.4. The second-order valence-electron chi connectivity index (χ2n) is 7.69. The van der Waals surface area contributed by atoms with E-state index in [1.54, 1.807) is 42.5 Å². The predicted octanol–water partition coefficient (Wildman–Crippen LogP) is 5.01. The van der Waals surface area contributed by atoms with E-state index in [2.05, 4.69) is 5.32 Å². The highest BCUT2D eigenvalue weighted by Gasteiger charge is 2.44. The van der Waals surface area contributed by atoms with Gasteiger partial charge in [0.05, 0.1) is 22.2 Å². The van der Waals surface area contributed by atoms with Crippen LogP contribution in [0.25, 0.3) is 0 Å². The smallest absolute Gasteiger partial charge is 0.187 e. The number of ether oxygens (including phenoxy) is 1. The minimum atomic E-state index is -3.78. The highest BCUT2D eigenvalue weighted by Crippen LogP contribution is 2.62. The number of sulfone groups is 1. The van der Waals surface area contributed by atoms with Crippen molar-refractivity contribution in [1.29, 1.82) is 0 Å². The molecule has 8 heteroatoms. The second kappa shape index (κ2) is 9.25. The number of rotatable bonds is 8. The largest absolute Gasteiger partial charge is 0.494 e. The summed E-state index contributed by atoms with van der Waals surface area (Å²) in [5, 5.41) is 2.36. The summed E-state index contributed by atoms with van der Waals surface area (Å²) < 4.78 is 53.7. The van der Waals surface area contributed by atoms with Gasteiger partial charge in [0.2, 0.25) is 0 Å². The SMILES string of the molecule is CCOc1cccc(CNCc2cccc3c2C(S(=O)(=O)c2ccccc2)CS3(O)O)c1. The van der Waals surface area contributed by atoms with Gasteiger partial charge in [-0.1, -0.05) is 42.5 Å². The summed E-state index contributed by atoms with van der Waals surface area (Å²) in [6.45, 7) is 3.50. The Kier molecular flexibility index (Phi) is 6.60. The first-order valence-electron chi connectivity index (χ1n) is 10.4. The third-order valence-electron chi connectivity index (χ3n) is 5.51. The highest BCUT2D eigenvalue weighted by molar-refractivity contribution is 8.25. The van der Waals surface area contributed by atoms with E-state index in [-0.39, 0.29) is 10.6 Å². The van der Waals surface area contributed by atoms with Crippen LogP contribution in [-0.4, -0.2) is 29.9 Å². The molecule has 1 aliphatic rings. The zero-order chi connectivity index (χ0) is 22.8. The number of fused-ring (bicyclic) bond motifs is 1. The van der Waals surface area contributed by atoms with E-state index in [4.69, 9.17) is 4.74 Å². The zero-order valence-electron chi connectivity index (χ0n) is 17.8. The van der Waals surface area contributed by atoms with Crippen LogP contribution in [0.15, 0.2) is 82.6 Å². The molecule has 1 unspecified atom stereocenters. The molecule has 0 saturated carbocycles. The predicted molar refractivity (Wildman–Crippen MR) is 127 cm³/mol. The lowest BCUT2D eigenvalue weighted by molar-refractivity contribution is 0.340. The van der Waals surface area contributed by atoms with Crippen molar-refractivity contribution < 1.29 is 22.3 Å². The molecular formula is C24H27NO5S2. The Morgan fingerprint density at radius 1 is 1.00 bits per heavy atom. The Balaban J connectivity index is 1.61. The first-order valence-corrected chi connectivity index (χ1v) is 13.7. The van der Waals surface area contributed by atoms with Gasteiger partial charge in [-0.05, 0) is 53.9 Å². The molecule has 3 aromatic rings. The molecule has 6 nitrogen and oxygen atoms in total. The van der Waals surface area contributed by atoms with E-state index in [1.165, 1.54) is 0 Å². The van der Waals surface area contributed by atoms with Crippen molar-refractivity contribution in [1.82, 2.24) is 5.32 Å². The van der Waals surface area contributed by atoms with Crippen LogP contribution in [0.5, 0.6) is 5.75 Å². The fraction of sp³-hybridized carbons (Fsp3) is 0.250. The summed E-state index contributed by atoms with van der Waals surface area (Å²) in [5.74, 6) is 0.586. The van der Waals surface area contributed by atoms with Gasteiger partial charge in [0.1, 0.15) is 11.0 Å². The average Bonchev–Trinajstić information content (AvgIpc) is 3.07. The molecule has 3 N–H and O–H groups in total.